The van der Waals surface area contributed by atoms with E-state index in [0.717, 1.165) is 17.0 Å². The molecule has 1 aliphatic heterocycles. The van der Waals surface area contributed by atoms with Crippen molar-refractivity contribution in [2.24, 2.45) is 0 Å². The predicted octanol–water partition coefficient (Wildman–Crippen LogP) is 3.34. The highest BCUT2D eigenvalue weighted by Gasteiger charge is 2.29. The fourth-order valence-corrected chi connectivity index (χ4v) is 2.41. The lowest BCUT2D eigenvalue weighted by atomic mass is 10.1. The molecule has 6 heteroatoms. The Labute approximate surface area is 134 Å². The molecule has 1 aromatic heterocycles. The highest BCUT2D eigenvalue weighted by atomic mass is 16.6. The van der Waals surface area contributed by atoms with Gasteiger partial charge in [0.15, 0.2) is 0 Å². The molecular weight excluding hydrogens is 296 g/mol. The molecule has 0 radical (unpaired) electrons. The Bertz CT molecular complexity index is 713. The number of phenolic OH excluding ortho intramolecular Hbond substituents is 1. The van der Waals surface area contributed by atoms with Crippen molar-refractivity contribution in [1.82, 2.24) is 9.88 Å². The Morgan fingerprint density at radius 2 is 2.00 bits per heavy atom. The van der Waals surface area contributed by atoms with Crippen LogP contribution >= 0.6 is 0 Å². The first-order valence-corrected chi connectivity index (χ1v) is 7.58. The fraction of sp³-hybridized carbons (Fsp3) is 0.412. The summed E-state index contributed by atoms with van der Waals surface area (Å²) in [6.45, 7) is 6.47. The van der Waals surface area contributed by atoms with Gasteiger partial charge < -0.3 is 19.2 Å². The normalized spacial score (nSPS) is 14.5. The lowest BCUT2D eigenvalue weighted by molar-refractivity contribution is 0.0217. The van der Waals surface area contributed by atoms with E-state index < -0.39 is 5.60 Å². The third-order valence-electron chi connectivity index (χ3n) is 3.49. The van der Waals surface area contributed by atoms with Crippen LogP contribution in [0.15, 0.2) is 28.7 Å². The van der Waals surface area contributed by atoms with Crippen LogP contribution in [0.3, 0.4) is 0 Å². The quantitative estimate of drug-likeness (QED) is 0.873. The average molecular weight is 316 g/mol. The summed E-state index contributed by atoms with van der Waals surface area (Å²) in [6, 6.07) is 6.67. The van der Waals surface area contributed by atoms with Gasteiger partial charge in [0, 0.05) is 18.5 Å². The number of phenols is 1. The number of amides is 1. The van der Waals surface area contributed by atoms with Gasteiger partial charge >= 0.3 is 6.09 Å². The van der Waals surface area contributed by atoms with Gasteiger partial charge in [-0.3, -0.25) is 0 Å². The number of rotatable bonds is 1. The van der Waals surface area contributed by atoms with Gasteiger partial charge in [-0.15, -0.1) is 0 Å². The first kappa shape index (κ1) is 15.4. The topological polar surface area (TPSA) is 75.8 Å². The van der Waals surface area contributed by atoms with Crippen molar-refractivity contribution < 1.29 is 19.1 Å². The van der Waals surface area contributed by atoms with E-state index in [1.54, 1.807) is 29.2 Å². The molecule has 3 rings (SSSR count). The van der Waals surface area contributed by atoms with Crippen LogP contribution in [-0.2, 0) is 17.7 Å². The zero-order valence-corrected chi connectivity index (χ0v) is 13.5. The maximum atomic E-state index is 12.2. The van der Waals surface area contributed by atoms with Crippen LogP contribution in [0.4, 0.5) is 4.79 Å². The third kappa shape index (κ3) is 3.47. The zero-order valence-electron chi connectivity index (χ0n) is 13.5. The smallest absolute Gasteiger partial charge is 0.410 e. The number of carbonyl (C=O) groups is 1. The third-order valence-corrected chi connectivity index (χ3v) is 3.49. The van der Waals surface area contributed by atoms with E-state index in [4.69, 9.17) is 9.15 Å². The van der Waals surface area contributed by atoms with Crippen molar-refractivity contribution in [3.8, 4) is 17.2 Å². The Morgan fingerprint density at radius 3 is 2.65 bits per heavy atom. The molecule has 0 unspecified atom stereocenters. The van der Waals surface area contributed by atoms with Gasteiger partial charge in [0.2, 0.25) is 5.89 Å². The zero-order chi connectivity index (χ0) is 16.6. The van der Waals surface area contributed by atoms with Gasteiger partial charge in [0.05, 0.1) is 6.54 Å². The maximum Gasteiger partial charge on any atom is 0.410 e. The van der Waals surface area contributed by atoms with Crippen LogP contribution < -0.4 is 0 Å². The molecule has 1 N–H and O–H groups in total. The largest absolute Gasteiger partial charge is 0.508 e. The molecule has 0 atom stereocenters. The number of carbonyl (C=O) groups excluding carboxylic acids is 1. The monoisotopic (exact) mass is 316 g/mol. The predicted molar refractivity (Wildman–Crippen MR) is 84.0 cm³/mol. The van der Waals surface area contributed by atoms with E-state index in [-0.39, 0.29) is 11.8 Å². The summed E-state index contributed by atoms with van der Waals surface area (Å²) in [5.74, 6) is 1.50. The number of aromatic hydroxyl groups is 1. The summed E-state index contributed by atoms with van der Waals surface area (Å²) >= 11 is 0. The van der Waals surface area contributed by atoms with Gasteiger partial charge in [0.25, 0.3) is 0 Å². The van der Waals surface area contributed by atoms with E-state index in [1.807, 2.05) is 20.8 Å². The summed E-state index contributed by atoms with van der Waals surface area (Å²) in [4.78, 5) is 18.3. The summed E-state index contributed by atoms with van der Waals surface area (Å²) in [5.41, 5.74) is 1.03. The number of fused-ring (bicyclic) bond motifs is 1. The molecule has 1 amide bonds. The molecule has 0 bridgehead atoms. The average Bonchev–Trinajstić information content (AvgIpc) is 2.89. The number of aromatic nitrogens is 1. The number of hydrogen-bond donors (Lipinski definition) is 1. The van der Waals surface area contributed by atoms with E-state index in [9.17, 15) is 9.90 Å². The van der Waals surface area contributed by atoms with E-state index in [1.165, 1.54) is 0 Å². The van der Waals surface area contributed by atoms with Gasteiger partial charge in [-0.1, -0.05) is 0 Å². The van der Waals surface area contributed by atoms with E-state index in [2.05, 4.69) is 4.98 Å². The summed E-state index contributed by atoms with van der Waals surface area (Å²) in [7, 11) is 0. The highest BCUT2D eigenvalue weighted by Crippen LogP contribution is 2.27. The standard InChI is InChI=1S/C17H20N2O4/c1-17(2,3)23-16(21)19-9-8-14-13(10-19)18-15(22-14)11-4-6-12(20)7-5-11/h4-7,20H,8-10H2,1-3H3. The Morgan fingerprint density at radius 1 is 1.30 bits per heavy atom. The van der Waals surface area contributed by atoms with Crippen molar-refractivity contribution in [2.45, 2.75) is 39.3 Å². The van der Waals surface area contributed by atoms with E-state index in [0.29, 0.717) is 25.4 Å². The Balaban J connectivity index is 1.77. The summed E-state index contributed by atoms with van der Waals surface area (Å²) in [5, 5.41) is 9.35. The number of nitrogens with zero attached hydrogens (tertiary/aromatic N) is 2. The second kappa shape index (κ2) is 5.61. The molecule has 1 aromatic carbocycles. The Kier molecular flexibility index (Phi) is 3.75. The lowest BCUT2D eigenvalue weighted by Gasteiger charge is -2.28. The molecule has 2 aromatic rings. The van der Waals surface area contributed by atoms with Crippen LogP contribution in [0, 0.1) is 0 Å². The molecule has 2 heterocycles. The number of ether oxygens (including phenoxy) is 1. The molecular formula is C17H20N2O4. The van der Waals surface area contributed by atoms with E-state index >= 15 is 0 Å². The Hall–Kier alpha value is -2.50. The van der Waals surface area contributed by atoms with Crippen molar-refractivity contribution in [3.05, 3.63) is 35.7 Å². The molecule has 6 nitrogen and oxygen atoms in total. The molecule has 122 valence electrons. The molecule has 0 aliphatic carbocycles. The van der Waals surface area contributed by atoms with Gasteiger partial charge in [-0.25, -0.2) is 9.78 Å². The molecule has 0 fully saturated rings. The van der Waals surface area contributed by atoms with Crippen LogP contribution in [0.2, 0.25) is 0 Å². The summed E-state index contributed by atoms with van der Waals surface area (Å²) in [6.07, 6.45) is 0.275. The fourth-order valence-electron chi connectivity index (χ4n) is 2.41. The van der Waals surface area contributed by atoms with Crippen molar-refractivity contribution in [1.29, 1.82) is 0 Å². The lowest BCUT2D eigenvalue weighted by Crippen LogP contribution is -2.39. The SMILES string of the molecule is CC(C)(C)OC(=O)N1CCc2oc(-c3ccc(O)cc3)nc2C1. The number of hydrogen-bond acceptors (Lipinski definition) is 5. The molecule has 0 spiro atoms. The molecule has 0 saturated heterocycles. The molecule has 0 saturated carbocycles. The molecule has 23 heavy (non-hydrogen) atoms. The van der Waals surface area contributed by atoms with Crippen LogP contribution in [-0.4, -0.2) is 33.2 Å². The van der Waals surface area contributed by atoms with Gasteiger partial charge in [0.1, 0.15) is 22.8 Å². The van der Waals surface area contributed by atoms with Crippen LogP contribution in [0.25, 0.3) is 11.5 Å². The first-order valence-electron chi connectivity index (χ1n) is 7.58. The number of benzene rings is 1. The highest BCUT2D eigenvalue weighted by molar-refractivity contribution is 5.68. The van der Waals surface area contributed by atoms with Crippen molar-refractivity contribution >= 4 is 6.09 Å². The van der Waals surface area contributed by atoms with Crippen molar-refractivity contribution in [3.63, 3.8) is 0 Å². The van der Waals surface area contributed by atoms with Gasteiger partial charge in [-0.2, -0.15) is 0 Å². The second-order valence-electron chi connectivity index (χ2n) is 6.59. The minimum Gasteiger partial charge on any atom is -0.508 e. The second-order valence-corrected chi connectivity index (χ2v) is 6.59. The first-order chi connectivity index (χ1) is 10.8. The number of oxazole rings is 1. The van der Waals surface area contributed by atoms with Crippen molar-refractivity contribution in [2.75, 3.05) is 6.54 Å². The van der Waals surface area contributed by atoms with Gasteiger partial charge in [-0.05, 0) is 45.0 Å². The van der Waals surface area contributed by atoms with Crippen LogP contribution in [0.1, 0.15) is 32.2 Å². The maximum absolute atomic E-state index is 12.2. The minimum absolute atomic E-state index is 0.196. The summed E-state index contributed by atoms with van der Waals surface area (Å²) < 4.78 is 11.2. The van der Waals surface area contributed by atoms with Crippen LogP contribution in [0.5, 0.6) is 5.75 Å². The molecule has 1 aliphatic rings. The minimum atomic E-state index is -0.515.